The van der Waals surface area contributed by atoms with Crippen LogP contribution in [0.5, 0.6) is 5.75 Å². The molecule has 1 saturated heterocycles. The molecule has 8 heteroatoms. The molecule has 1 N–H and O–H groups in total. The maximum atomic E-state index is 12.9. The fourth-order valence-electron chi connectivity index (χ4n) is 3.45. The Bertz CT molecular complexity index is 971. The highest BCUT2D eigenvalue weighted by Crippen LogP contribution is 2.43. The average molecular weight is 407 g/mol. The molecule has 2 fully saturated rings. The predicted molar refractivity (Wildman–Crippen MR) is 104 cm³/mol. The van der Waals surface area contributed by atoms with Gasteiger partial charge in [-0.15, -0.1) is 11.3 Å². The Labute approximate surface area is 163 Å². The molecule has 2 heterocycles. The summed E-state index contributed by atoms with van der Waals surface area (Å²) < 4.78 is 27.1. The SMILES string of the molecule is Cc1ccc(O)c(S(=O)(=O)N2CCN(C(=O)c3sccc3C3CC3)CC2)c1. The van der Waals surface area contributed by atoms with Gasteiger partial charge < -0.3 is 10.0 Å². The normalized spacial score (nSPS) is 18.6. The molecule has 27 heavy (non-hydrogen) atoms. The van der Waals surface area contributed by atoms with Crippen molar-refractivity contribution >= 4 is 27.3 Å². The number of phenols is 1. The van der Waals surface area contributed by atoms with Gasteiger partial charge in [0.2, 0.25) is 10.0 Å². The zero-order valence-corrected chi connectivity index (χ0v) is 16.7. The molecule has 1 aliphatic heterocycles. The Morgan fingerprint density at radius 2 is 1.85 bits per heavy atom. The molecule has 0 spiro atoms. The second-order valence-corrected chi connectivity index (χ2v) is 9.97. The lowest BCUT2D eigenvalue weighted by molar-refractivity contribution is 0.0701. The molecule has 2 aliphatic rings. The fourth-order valence-corrected chi connectivity index (χ4v) is 5.99. The summed E-state index contributed by atoms with van der Waals surface area (Å²) in [7, 11) is -3.78. The van der Waals surface area contributed by atoms with Gasteiger partial charge in [0, 0.05) is 26.2 Å². The van der Waals surface area contributed by atoms with Gasteiger partial charge in [0.1, 0.15) is 10.6 Å². The third kappa shape index (κ3) is 3.49. The number of thiophene rings is 1. The number of rotatable bonds is 4. The first kappa shape index (κ1) is 18.5. The van der Waals surface area contributed by atoms with Crippen molar-refractivity contribution in [3.63, 3.8) is 0 Å². The molecule has 4 rings (SSSR count). The molecule has 6 nitrogen and oxygen atoms in total. The molecule has 1 aromatic heterocycles. The number of sulfonamides is 1. The van der Waals surface area contributed by atoms with Gasteiger partial charge in [-0.2, -0.15) is 4.31 Å². The molecule has 0 unspecified atom stereocenters. The van der Waals surface area contributed by atoms with Crippen molar-refractivity contribution < 1.29 is 18.3 Å². The summed E-state index contributed by atoms with van der Waals surface area (Å²) >= 11 is 1.47. The minimum Gasteiger partial charge on any atom is -0.507 e. The van der Waals surface area contributed by atoms with Gasteiger partial charge >= 0.3 is 0 Å². The van der Waals surface area contributed by atoms with Gasteiger partial charge in [-0.1, -0.05) is 6.07 Å². The molecule has 0 bridgehead atoms. The molecule has 1 aromatic carbocycles. The number of carbonyl (C=O) groups is 1. The van der Waals surface area contributed by atoms with Crippen molar-refractivity contribution in [3.05, 3.63) is 45.6 Å². The third-order valence-electron chi connectivity index (χ3n) is 5.17. The monoisotopic (exact) mass is 406 g/mol. The highest BCUT2D eigenvalue weighted by Gasteiger charge is 2.34. The van der Waals surface area contributed by atoms with Crippen LogP contribution in [0.3, 0.4) is 0 Å². The minimum atomic E-state index is -3.78. The maximum absolute atomic E-state index is 12.9. The van der Waals surface area contributed by atoms with Gasteiger partial charge in [0.05, 0.1) is 4.88 Å². The first-order valence-corrected chi connectivity index (χ1v) is 11.4. The molecule has 0 atom stereocenters. The molecule has 144 valence electrons. The number of benzene rings is 1. The summed E-state index contributed by atoms with van der Waals surface area (Å²) in [6.07, 6.45) is 2.28. The van der Waals surface area contributed by atoms with E-state index >= 15 is 0 Å². The quantitative estimate of drug-likeness (QED) is 0.847. The maximum Gasteiger partial charge on any atom is 0.264 e. The molecule has 1 saturated carbocycles. The number of amides is 1. The van der Waals surface area contributed by atoms with Crippen molar-refractivity contribution in [2.75, 3.05) is 26.2 Å². The summed E-state index contributed by atoms with van der Waals surface area (Å²) in [5.74, 6) is 0.273. The first-order valence-electron chi connectivity index (χ1n) is 9.04. The van der Waals surface area contributed by atoms with E-state index in [4.69, 9.17) is 0 Å². The van der Waals surface area contributed by atoms with Crippen molar-refractivity contribution in [2.24, 2.45) is 0 Å². The van der Waals surface area contributed by atoms with Crippen LogP contribution in [0.1, 0.15) is 39.6 Å². The molecule has 1 amide bonds. The van der Waals surface area contributed by atoms with E-state index in [0.717, 1.165) is 28.8 Å². The zero-order valence-electron chi connectivity index (χ0n) is 15.1. The van der Waals surface area contributed by atoms with Crippen LogP contribution < -0.4 is 0 Å². The standard InChI is InChI=1S/C19H22N2O4S2/c1-13-2-5-16(22)17(12-13)27(24,25)21-9-7-20(8-10-21)19(23)18-15(6-11-26-18)14-3-4-14/h2,5-6,11-12,14,22H,3-4,7-10H2,1H3. The Morgan fingerprint density at radius 3 is 2.52 bits per heavy atom. The van der Waals surface area contributed by atoms with Crippen LogP contribution in [0, 0.1) is 6.92 Å². The minimum absolute atomic E-state index is 0.00218. The summed E-state index contributed by atoms with van der Waals surface area (Å²) in [6, 6.07) is 6.59. The number of aromatic hydroxyl groups is 1. The van der Waals surface area contributed by atoms with E-state index in [9.17, 15) is 18.3 Å². The number of hydrogen-bond acceptors (Lipinski definition) is 5. The van der Waals surface area contributed by atoms with E-state index < -0.39 is 10.0 Å². The fraction of sp³-hybridized carbons (Fsp3) is 0.421. The Hall–Kier alpha value is -1.90. The van der Waals surface area contributed by atoms with Crippen LogP contribution >= 0.6 is 11.3 Å². The van der Waals surface area contributed by atoms with Crippen LogP contribution in [0.25, 0.3) is 0 Å². The number of carbonyl (C=O) groups excluding carboxylic acids is 1. The Balaban J connectivity index is 1.47. The first-order chi connectivity index (χ1) is 12.9. The summed E-state index contributed by atoms with van der Waals surface area (Å²) in [6.45, 7) is 2.95. The van der Waals surface area contributed by atoms with Gasteiger partial charge in [-0.25, -0.2) is 8.42 Å². The van der Waals surface area contributed by atoms with Crippen molar-refractivity contribution in [1.82, 2.24) is 9.21 Å². The van der Waals surface area contributed by atoms with E-state index in [1.807, 2.05) is 11.4 Å². The number of nitrogens with zero attached hydrogens (tertiary/aromatic N) is 2. The molecular weight excluding hydrogens is 384 g/mol. The third-order valence-corrected chi connectivity index (χ3v) is 8.01. The van der Waals surface area contributed by atoms with Crippen LogP contribution in [-0.4, -0.2) is 54.8 Å². The van der Waals surface area contributed by atoms with Crippen LogP contribution in [0.15, 0.2) is 34.5 Å². The van der Waals surface area contributed by atoms with Crippen LogP contribution in [0.4, 0.5) is 0 Å². The summed E-state index contributed by atoms with van der Waals surface area (Å²) in [5, 5.41) is 11.9. The van der Waals surface area contributed by atoms with E-state index in [2.05, 4.69) is 0 Å². The van der Waals surface area contributed by atoms with Gasteiger partial charge in [-0.05, 0) is 60.4 Å². The Kier molecular flexibility index (Phi) is 4.73. The number of phenolic OH excluding ortho intramolecular Hbond substituents is 1. The van der Waals surface area contributed by atoms with Crippen LogP contribution in [-0.2, 0) is 10.0 Å². The van der Waals surface area contributed by atoms with E-state index in [1.54, 1.807) is 17.9 Å². The molecular formula is C19H22N2O4S2. The smallest absolute Gasteiger partial charge is 0.264 e. The second-order valence-electron chi connectivity index (χ2n) is 7.15. The molecule has 0 radical (unpaired) electrons. The number of aryl methyl sites for hydroxylation is 1. The van der Waals surface area contributed by atoms with Gasteiger partial charge in [0.15, 0.2) is 0 Å². The lowest BCUT2D eigenvalue weighted by Crippen LogP contribution is -2.50. The predicted octanol–water partition coefficient (Wildman–Crippen LogP) is 2.79. The zero-order chi connectivity index (χ0) is 19.2. The second kappa shape index (κ2) is 6.92. The number of hydrogen-bond donors (Lipinski definition) is 1. The molecule has 2 aromatic rings. The largest absolute Gasteiger partial charge is 0.507 e. The highest BCUT2D eigenvalue weighted by molar-refractivity contribution is 7.89. The van der Waals surface area contributed by atoms with Gasteiger partial charge in [-0.3, -0.25) is 4.79 Å². The lowest BCUT2D eigenvalue weighted by atomic mass is 10.1. The molecule has 1 aliphatic carbocycles. The van der Waals surface area contributed by atoms with Crippen molar-refractivity contribution in [2.45, 2.75) is 30.6 Å². The lowest BCUT2D eigenvalue weighted by Gasteiger charge is -2.34. The number of piperazine rings is 1. The van der Waals surface area contributed by atoms with E-state index in [1.165, 1.54) is 27.8 Å². The van der Waals surface area contributed by atoms with Gasteiger partial charge in [0.25, 0.3) is 5.91 Å². The Morgan fingerprint density at radius 1 is 1.15 bits per heavy atom. The van der Waals surface area contributed by atoms with E-state index in [-0.39, 0.29) is 29.6 Å². The summed E-state index contributed by atoms with van der Waals surface area (Å²) in [4.78, 5) is 15.3. The average Bonchev–Trinajstić information content (AvgIpc) is 3.39. The van der Waals surface area contributed by atoms with E-state index in [0.29, 0.717) is 19.0 Å². The highest BCUT2D eigenvalue weighted by atomic mass is 32.2. The topological polar surface area (TPSA) is 77.9 Å². The van der Waals surface area contributed by atoms with Crippen LogP contribution in [0.2, 0.25) is 0 Å². The van der Waals surface area contributed by atoms with Crippen molar-refractivity contribution in [3.8, 4) is 5.75 Å². The van der Waals surface area contributed by atoms with Crippen molar-refractivity contribution in [1.29, 1.82) is 0 Å². The summed E-state index contributed by atoms with van der Waals surface area (Å²) in [5.41, 5.74) is 1.91.